The first-order chi connectivity index (χ1) is 7.60. The van der Waals surface area contributed by atoms with Gasteiger partial charge >= 0.3 is 0 Å². The van der Waals surface area contributed by atoms with E-state index >= 15 is 0 Å². The van der Waals surface area contributed by atoms with Crippen LogP contribution in [0.25, 0.3) is 0 Å². The summed E-state index contributed by atoms with van der Waals surface area (Å²) in [6.45, 7) is 1.81. The van der Waals surface area contributed by atoms with Crippen molar-refractivity contribution < 1.29 is 4.57 Å². The fourth-order valence-electron chi connectivity index (χ4n) is 1.59. The van der Waals surface area contributed by atoms with Gasteiger partial charge in [0.2, 0.25) is 0 Å². The Hall–Kier alpha value is -0.850. The van der Waals surface area contributed by atoms with Crippen molar-refractivity contribution in [3.8, 4) is 0 Å². The maximum absolute atomic E-state index is 12.7. The number of rotatable bonds is 2. The van der Waals surface area contributed by atoms with Crippen molar-refractivity contribution in [3.05, 3.63) is 59.1 Å². The molecule has 16 heavy (non-hydrogen) atoms. The maximum Gasteiger partial charge on any atom is 0.140 e. The lowest BCUT2D eigenvalue weighted by Crippen LogP contribution is -2.14. The van der Waals surface area contributed by atoms with Crippen LogP contribution in [0.1, 0.15) is 0 Å². The average molecular weight is 295 g/mol. The van der Waals surface area contributed by atoms with Gasteiger partial charge in [-0.15, -0.1) is 0 Å². The first kappa shape index (κ1) is 11.6. The molecule has 0 saturated carbocycles. The molecule has 2 aromatic carbocycles. The van der Waals surface area contributed by atoms with Gasteiger partial charge in [-0.05, 0) is 18.8 Å². The van der Waals surface area contributed by atoms with E-state index in [-0.39, 0.29) is 0 Å². The molecule has 0 spiro atoms. The quantitative estimate of drug-likeness (QED) is 0.776. The predicted octanol–water partition coefficient (Wildman–Crippen LogP) is 3.39. The molecule has 0 N–H and O–H groups in total. The molecular formula is C13H12BrOP. The Kier molecular flexibility index (Phi) is 3.32. The summed E-state index contributed by atoms with van der Waals surface area (Å²) in [5, 5.41) is 1.79. The summed E-state index contributed by atoms with van der Waals surface area (Å²) in [7, 11) is -2.44. The average Bonchev–Trinajstić information content (AvgIpc) is 2.31. The van der Waals surface area contributed by atoms with Gasteiger partial charge in [-0.2, -0.15) is 0 Å². The van der Waals surface area contributed by atoms with Gasteiger partial charge in [0.15, 0.2) is 0 Å². The summed E-state index contributed by atoms with van der Waals surface area (Å²) in [5.74, 6) is 0. The minimum Gasteiger partial charge on any atom is -0.314 e. The lowest BCUT2D eigenvalue weighted by molar-refractivity contribution is 0.590. The third-order valence-electron chi connectivity index (χ3n) is 2.57. The van der Waals surface area contributed by atoms with Crippen LogP contribution >= 0.6 is 23.1 Å². The van der Waals surface area contributed by atoms with Crippen molar-refractivity contribution in [1.82, 2.24) is 0 Å². The zero-order chi connectivity index (χ0) is 11.6. The molecule has 1 nitrogen and oxygen atoms in total. The van der Waals surface area contributed by atoms with Crippen LogP contribution in [0, 0.1) is 0 Å². The summed E-state index contributed by atoms with van der Waals surface area (Å²) in [6.07, 6.45) is 0. The molecule has 82 valence electrons. The molecule has 0 aromatic heterocycles. The molecule has 0 amide bonds. The zero-order valence-corrected chi connectivity index (χ0v) is 11.4. The monoisotopic (exact) mass is 294 g/mol. The van der Waals surface area contributed by atoms with Gasteiger partial charge in [-0.1, -0.05) is 58.4 Å². The van der Waals surface area contributed by atoms with E-state index in [9.17, 15) is 4.57 Å². The molecule has 1 atom stereocenters. The number of hydrogen-bond acceptors (Lipinski definition) is 1. The maximum atomic E-state index is 12.7. The van der Waals surface area contributed by atoms with Crippen molar-refractivity contribution in [2.75, 3.05) is 6.66 Å². The lowest BCUT2D eigenvalue weighted by atomic mass is 10.4. The molecular weight excluding hydrogens is 283 g/mol. The zero-order valence-electron chi connectivity index (χ0n) is 8.93. The molecule has 3 heteroatoms. The highest BCUT2D eigenvalue weighted by molar-refractivity contribution is 9.10. The summed E-state index contributed by atoms with van der Waals surface area (Å²) < 4.78 is 13.7. The second-order valence-corrected chi connectivity index (χ2v) is 7.53. The van der Waals surface area contributed by atoms with E-state index in [0.717, 1.165) is 15.1 Å². The Bertz CT molecular complexity index is 519. The van der Waals surface area contributed by atoms with Crippen LogP contribution < -0.4 is 10.6 Å². The fraction of sp³-hybridized carbons (Fsp3) is 0.0769. The van der Waals surface area contributed by atoms with Gasteiger partial charge in [-0.3, -0.25) is 0 Å². The van der Waals surface area contributed by atoms with Crippen LogP contribution in [0.2, 0.25) is 0 Å². The largest absolute Gasteiger partial charge is 0.314 e. The minimum absolute atomic E-state index is 0.891. The van der Waals surface area contributed by atoms with Gasteiger partial charge in [0.1, 0.15) is 7.14 Å². The summed E-state index contributed by atoms with van der Waals surface area (Å²) in [6, 6.07) is 17.3. The fourth-order valence-corrected chi connectivity index (χ4v) is 3.61. The Balaban J connectivity index is 2.47. The number of halogens is 1. The molecule has 0 fully saturated rings. The third-order valence-corrected chi connectivity index (χ3v) is 5.66. The van der Waals surface area contributed by atoms with E-state index in [1.54, 1.807) is 0 Å². The van der Waals surface area contributed by atoms with Gasteiger partial charge in [-0.25, -0.2) is 0 Å². The normalized spacial score (nSPS) is 14.4. The Morgan fingerprint density at radius 3 is 1.94 bits per heavy atom. The summed E-state index contributed by atoms with van der Waals surface area (Å²) >= 11 is 3.38. The molecule has 0 aliphatic carbocycles. The van der Waals surface area contributed by atoms with E-state index in [4.69, 9.17) is 0 Å². The van der Waals surface area contributed by atoms with Crippen molar-refractivity contribution in [3.63, 3.8) is 0 Å². The predicted molar refractivity (Wildman–Crippen MR) is 73.4 cm³/mol. The first-order valence-electron chi connectivity index (χ1n) is 5.00. The highest BCUT2D eigenvalue weighted by Crippen LogP contribution is 2.38. The van der Waals surface area contributed by atoms with Crippen molar-refractivity contribution in [1.29, 1.82) is 0 Å². The van der Waals surface area contributed by atoms with Gasteiger partial charge in [0.05, 0.1) is 0 Å². The Labute approximate surface area is 104 Å². The number of hydrogen-bond donors (Lipinski definition) is 0. The van der Waals surface area contributed by atoms with Gasteiger partial charge in [0.25, 0.3) is 0 Å². The smallest absolute Gasteiger partial charge is 0.140 e. The molecule has 0 heterocycles. The standard InChI is InChI=1S/C13H12BrOP/c1-16(15,12-5-3-2-4-6-12)13-9-7-11(14)8-10-13/h2-10H,1H3. The third kappa shape index (κ3) is 2.28. The highest BCUT2D eigenvalue weighted by Gasteiger charge is 2.20. The van der Waals surface area contributed by atoms with Crippen LogP contribution in [-0.2, 0) is 4.57 Å². The summed E-state index contributed by atoms with van der Waals surface area (Å²) in [4.78, 5) is 0. The topological polar surface area (TPSA) is 17.1 Å². The molecule has 0 saturated heterocycles. The van der Waals surface area contributed by atoms with Gasteiger partial charge < -0.3 is 4.57 Å². The minimum atomic E-state index is -2.44. The lowest BCUT2D eigenvalue weighted by Gasteiger charge is -2.13. The van der Waals surface area contributed by atoms with Crippen LogP contribution in [0.3, 0.4) is 0 Å². The van der Waals surface area contributed by atoms with Crippen LogP contribution in [-0.4, -0.2) is 6.66 Å². The van der Waals surface area contributed by atoms with E-state index in [0.29, 0.717) is 0 Å². The Morgan fingerprint density at radius 2 is 1.38 bits per heavy atom. The molecule has 0 radical (unpaired) electrons. The SMILES string of the molecule is CP(=O)(c1ccccc1)c1ccc(Br)cc1. The second-order valence-electron chi connectivity index (χ2n) is 3.74. The van der Waals surface area contributed by atoms with Crippen LogP contribution in [0.4, 0.5) is 0 Å². The highest BCUT2D eigenvalue weighted by atomic mass is 79.9. The Morgan fingerprint density at radius 1 is 0.875 bits per heavy atom. The number of benzene rings is 2. The first-order valence-corrected chi connectivity index (χ1v) is 7.95. The molecule has 0 aliphatic heterocycles. The van der Waals surface area contributed by atoms with E-state index in [2.05, 4.69) is 15.9 Å². The van der Waals surface area contributed by atoms with E-state index < -0.39 is 7.14 Å². The van der Waals surface area contributed by atoms with Crippen LogP contribution in [0.15, 0.2) is 59.1 Å². The second kappa shape index (κ2) is 4.57. The van der Waals surface area contributed by atoms with Crippen molar-refractivity contribution in [2.24, 2.45) is 0 Å². The molecule has 0 bridgehead atoms. The molecule has 2 rings (SSSR count). The van der Waals surface area contributed by atoms with Crippen molar-refractivity contribution >= 4 is 33.7 Å². The van der Waals surface area contributed by atoms with Crippen molar-refractivity contribution in [2.45, 2.75) is 0 Å². The molecule has 0 aliphatic rings. The van der Waals surface area contributed by atoms with Gasteiger partial charge in [0, 0.05) is 15.1 Å². The van der Waals surface area contributed by atoms with Crippen LogP contribution in [0.5, 0.6) is 0 Å². The molecule has 2 aromatic rings. The van der Waals surface area contributed by atoms with E-state index in [1.165, 1.54) is 0 Å². The molecule has 1 unspecified atom stereocenters. The van der Waals surface area contributed by atoms with E-state index in [1.807, 2.05) is 61.3 Å². The summed E-state index contributed by atoms with van der Waals surface area (Å²) in [5.41, 5.74) is 0.